The average molecular weight is 563 g/mol. The summed E-state index contributed by atoms with van der Waals surface area (Å²) in [6.07, 6.45) is 3.19. The monoisotopic (exact) mass is 563 g/mol. The normalized spacial score (nSPS) is 11.3. The third kappa shape index (κ3) is 4.50. The number of aliphatic hydroxyl groups is 1. The molecule has 33 heavy (non-hydrogen) atoms. The molecule has 0 spiro atoms. The van der Waals surface area contributed by atoms with E-state index in [-0.39, 0.29) is 30.6 Å². The zero-order chi connectivity index (χ0) is 21.8. The lowest BCUT2D eigenvalue weighted by atomic mass is 10.2. The van der Waals surface area contributed by atoms with Crippen molar-refractivity contribution in [2.75, 3.05) is 6.61 Å². The highest BCUT2D eigenvalue weighted by atomic mass is 127. The molecule has 5 rings (SSSR count). The van der Waals surface area contributed by atoms with Crippen molar-refractivity contribution in [1.29, 1.82) is 0 Å². The number of para-hydroxylation sites is 1. The van der Waals surface area contributed by atoms with Crippen molar-refractivity contribution in [1.82, 2.24) is 4.57 Å². The topological polar surface area (TPSA) is 25.2 Å². The van der Waals surface area contributed by atoms with Crippen LogP contribution < -0.4 is 39.9 Å². The van der Waals surface area contributed by atoms with Crippen LogP contribution in [-0.4, -0.2) is 16.3 Å². The maximum atomic E-state index is 9.64. The molecular weight excluding hydrogens is 536 g/mol. The standard InChI is InChI=1S/C29H27NOP.HI/c31-21-20-30-22-24(28-18-10-11-19-29(28)30)23-32(25-12-4-1-5-13-25,26-14-6-2-7-15-26)27-16-8-3-9-17-27;/h1-19,22,31H,20-21,23H2;1H/q+1;/p-1. The molecule has 0 saturated heterocycles. The summed E-state index contributed by atoms with van der Waals surface area (Å²) in [6.45, 7) is 0.739. The van der Waals surface area contributed by atoms with E-state index in [1.54, 1.807) is 0 Å². The highest BCUT2D eigenvalue weighted by Gasteiger charge is 2.45. The minimum atomic E-state index is -1.96. The van der Waals surface area contributed by atoms with Gasteiger partial charge >= 0.3 is 0 Å². The molecule has 0 saturated carbocycles. The van der Waals surface area contributed by atoms with Crippen LogP contribution in [0.1, 0.15) is 5.56 Å². The van der Waals surface area contributed by atoms with Gasteiger partial charge in [0.1, 0.15) is 29.3 Å². The molecule has 0 unspecified atom stereocenters. The first kappa shape index (κ1) is 23.7. The Morgan fingerprint density at radius 2 is 1.06 bits per heavy atom. The van der Waals surface area contributed by atoms with Crippen molar-refractivity contribution in [2.45, 2.75) is 12.7 Å². The molecular formula is C29H27INOP. The maximum Gasteiger partial charge on any atom is 0.116 e. The van der Waals surface area contributed by atoms with Crippen LogP contribution in [0.4, 0.5) is 0 Å². The minimum Gasteiger partial charge on any atom is -1.00 e. The summed E-state index contributed by atoms with van der Waals surface area (Å²) in [5, 5.41) is 15.1. The Balaban J connectivity index is 0.00000259. The van der Waals surface area contributed by atoms with Crippen LogP contribution in [0.5, 0.6) is 0 Å². The fourth-order valence-electron chi connectivity index (χ4n) is 4.77. The van der Waals surface area contributed by atoms with Gasteiger partial charge in [-0.2, -0.15) is 0 Å². The fourth-order valence-corrected chi connectivity index (χ4v) is 9.01. The molecule has 5 aromatic rings. The second kappa shape index (κ2) is 10.6. The molecule has 0 aliphatic rings. The summed E-state index contributed by atoms with van der Waals surface area (Å²) in [6, 6.07) is 41.6. The Kier molecular flexibility index (Phi) is 7.64. The number of benzene rings is 4. The lowest BCUT2D eigenvalue weighted by Gasteiger charge is -2.27. The number of nitrogens with zero attached hydrogens (tertiary/aromatic N) is 1. The predicted molar refractivity (Wildman–Crippen MR) is 138 cm³/mol. The Bertz CT molecular complexity index is 1210. The number of hydrogen-bond acceptors (Lipinski definition) is 1. The van der Waals surface area contributed by atoms with Gasteiger partial charge in [0, 0.05) is 29.2 Å². The van der Waals surface area contributed by atoms with Crippen molar-refractivity contribution in [2.24, 2.45) is 0 Å². The second-order valence-electron chi connectivity index (χ2n) is 8.06. The summed E-state index contributed by atoms with van der Waals surface area (Å²) in [5.74, 6) is 0. The second-order valence-corrected chi connectivity index (χ2v) is 11.5. The molecule has 4 aromatic carbocycles. The van der Waals surface area contributed by atoms with E-state index in [0.717, 1.165) is 6.16 Å². The quantitative estimate of drug-likeness (QED) is 0.239. The van der Waals surface area contributed by atoms with Crippen molar-refractivity contribution >= 4 is 34.1 Å². The summed E-state index contributed by atoms with van der Waals surface area (Å²) in [7, 11) is -1.96. The van der Waals surface area contributed by atoms with Gasteiger partial charge in [0.15, 0.2) is 0 Å². The van der Waals surface area contributed by atoms with E-state index in [1.807, 2.05) is 0 Å². The van der Waals surface area contributed by atoms with Gasteiger partial charge in [-0.05, 0) is 42.5 Å². The summed E-state index contributed by atoms with van der Waals surface area (Å²) in [4.78, 5) is 0. The SMILES string of the molecule is OCCn1cc(C[P+](c2ccccc2)(c2ccccc2)c2ccccc2)c2ccccc21.[I-]. The van der Waals surface area contributed by atoms with E-state index in [2.05, 4.69) is 126 Å². The molecule has 166 valence electrons. The van der Waals surface area contributed by atoms with Gasteiger partial charge in [-0.3, -0.25) is 0 Å². The van der Waals surface area contributed by atoms with E-state index in [0.29, 0.717) is 6.54 Å². The van der Waals surface area contributed by atoms with Crippen molar-refractivity contribution in [3.05, 3.63) is 127 Å². The van der Waals surface area contributed by atoms with Crippen LogP contribution in [0.3, 0.4) is 0 Å². The molecule has 1 N–H and O–H groups in total. The third-order valence-electron chi connectivity index (χ3n) is 6.21. The number of halogens is 1. The van der Waals surface area contributed by atoms with Gasteiger partial charge < -0.3 is 33.7 Å². The van der Waals surface area contributed by atoms with Gasteiger partial charge in [-0.1, -0.05) is 72.8 Å². The van der Waals surface area contributed by atoms with Crippen molar-refractivity contribution in [3.8, 4) is 0 Å². The number of aromatic nitrogens is 1. The summed E-state index contributed by atoms with van der Waals surface area (Å²) in [5.41, 5.74) is 2.52. The van der Waals surface area contributed by atoms with Gasteiger partial charge in [0.25, 0.3) is 0 Å². The molecule has 0 fully saturated rings. The molecule has 1 aromatic heterocycles. The van der Waals surface area contributed by atoms with Crippen LogP contribution in [0.25, 0.3) is 10.9 Å². The van der Waals surface area contributed by atoms with Gasteiger partial charge in [-0.15, -0.1) is 0 Å². The molecule has 0 atom stereocenters. The minimum absolute atomic E-state index is 0. The van der Waals surface area contributed by atoms with E-state index in [9.17, 15) is 5.11 Å². The van der Waals surface area contributed by atoms with E-state index < -0.39 is 7.26 Å². The van der Waals surface area contributed by atoms with E-state index in [1.165, 1.54) is 32.4 Å². The fraction of sp³-hybridized carbons (Fsp3) is 0.103. The van der Waals surface area contributed by atoms with Crippen LogP contribution in [0, 0.1) is 0 Å². The van der Waals surface area contributed by atoms with Gasteiger partial charge in [-0.25, -0.2) is 0 Å². The van der Waals surface area contributed by atoms with Crippen LogP contribution in [0.2, 0.25) is 0 Å². The first-order valence-corrected chi connectivity index (χ1v) is 13.0. The Labute approximate surface area is 213 Å². The first-order valence-electron chi connectivity index (χ1n) is 11.1. The summed E-state index contributed by atoms with van der Waals surface area (Å²) >= 11 is 0. The molecule has 0 aliphatic heterocycles. The van der Waals surface area contributed by atoms with Crippen LogP contribution in [-0.2, 0) is 12.7 Å². The molecule has 0 amide bonds. The number of hydrogen-bond donors (Lipinski definition) is 1. The van der Waals surface area contributed by atoms with Crippen LogP contribution >= 0.6 is 7.26 Å². The lowest BCUT2D eigenvalue weighted by molar-refractivity contribution is -0.00000731. The zero-order valence-corrected chi connectivity index (χ0v) is 21.4. The molecule has 4 heteroatoms. The first-order chi connectivity index (χ1) is 15.8. The van der Waals surface area contributed by atoms with E-state index >= 15 is 0 Å². The third-order valence-corrected chi connectivity index (χ3v) is 10.6. The molecule has 0 bridgehead atoms. The molecule has 1 heterocycles. The van der Waals surface area contributed by atoms with E-state index in [4.69, 9.17) is 0 Å². The molecule has 0 aliphatic carbocycles. The summed E-state index contributed by atoms with van der Waals surface area (Å²) < 4.78 is 2.19. The zero-order valence-electron chi connectivity index (χ0n) is 18.4. The maximum absolute atomic E-state index is 9.64. The largest absolute Gasteiger partial charge is 1.00 e. The van der Waals surface area contributed by atoms with Crippen molar-refractivity contribution in [3.63, 3.8) is 0 Å². The number of aliphatic hydroxyl groups excluding tert-OH is 1. The Morgan fingerprint density at radius 1 is 0.606 bits per heavy atom. The molecule has 0 radical (unpaired) electrons. The van der Waals surface area contributed by atoms with Gasteiger partial charge in [0.2, 0.25) is 0 Å². The Morgan fingerprint density at radius 3 is 1.55 bits per heavy atom. The predicted octanol–water partition coefficient (Wildman–Crippen LogP) is 2.13. The van der Waals surface area contributed by atoms with Crippen LogP contribution in [0.15, 0.2) is 121 Å². The highest BCUT2D eigenvalue weighted by Crippen LogP contribution is 2.58. The average Bonchev–Trinajstić information content (AvgIpc) is 3.21. The number of fused-ring (bicyclic) bond motifs is 1. The number of rotatable bonds is 7. The highest BCUT2D eigenvalue weighted by molar-refractivity contribution is 7.95. The Hall–Kier alpha value is -2.46. The lowest BCUT2D eigenvalue weighted by Crippen LogP contribution is -3.00. The van der Waals surface area contributed by atoms with Gasteiger partial charge in [0.05, 0.1) is 6.61 Å². The van der Waals surface area contributed by atoms with Crippen molar-refractivity contribution < 1.29 is 29.1 Å². The molecule has 2 nitrogen and oxygen atoms in total. The smallest absolute Gasteiger partial charge is 0.116 e.